The number of hydrogen-bond donors (Lipinski definition) is 0. The Morgan fingerprint density at radius 3 is 2.24 bits per heavy atom. The van der Waals surface area contributed by atoms with Gasteiger partial charge in [-0.25, -0.2) is 0 Å². The summed E-state index contributed by atoms with van der Waals surface area (Å²) in [5.74, 6) is 1.51. The highest BCUT2D eigenvalue weighted by Gasteiger charge is 2.03. The molecule has 0 saturated carbocycles. The lowest BCUT2D eigenvalue weighted by Gasteiger charge is -2.07. The molecule has 0 aromatic heterocycles. The molecule has 0 fully saturated rings. The second-order valence-corrected chi connectivity index (χ2v) is 4.13. The van der Waals surface area contributed by atoms with E-state index in [1.165, 1.54) is 0 Å². The summed E-state index contributed by atoms with van der Waals surface area (Å²) in [5, 5.41) is 8.63. The molecule has 0 atom stereocenters. The van der Waals surface area contributed by atoms with Gasteiger partial charge in [0.05, 0.1) is 14.2 Å². The highest BCUT2D eigenvalue weighted by Crippen LogP contribution is 2.26. The molecule has 5 heteroatoms. The lowest BCUT2D eigenvalue weighted by molar-refractivity contribution is -0.00000482. The fraction of sp³-hybridized carbons (Fsp3) is 0.125. The highest BCUT2D eigenvalue weighted by atomic mass is 35.5. The summed E-state index contributed by atoms with van der Waals surface area (Å²) < 4.78 is 10.5. The van der Waals surface area contributed by atoms with Crippen LogP contribution in [0.2, 0.25) is 0 Å². The third kappa shape index (κ3) is 4.23. The van der Waals surface area contributed by atoms with E-state index in [1.807, 2.05) is 42.5 Å². The second-order valence-electron chi connectivity index (χ2n) is 4.13. The Labute approximate surface area is 130 Å². The van der Waals surface area contributed by atoms with E-state index in [-0.39, 0.29) is 12.4 Å². The predicted octanol–water partition coefficient (Wildman–Crippen LogP) is 1.36. The predicted molar refractivity (Wildman–Crippen MR) is 79.7 cm³/mol. The summed E-state index contributed by atoms with van der Waals surface area (Å²) in [4.78, 5) is 3.12. The maximum absolute atomic E-state index is 8.63. The molecule has 2 aromatic carbocycles. The Kier molecular flexibility index (Phi) is 6.25. The first-order valence-electron chi connectivity index (χ1n) is 6.12. The van der Waals surface area contributed by atoms with Gasteiger partial charge in [-0.3, -0.25) is 0 Å². The van der Waals surface area contributed by atoms with E-state index in [4.69, 9.17) is 14.9 Å². The fourth-order valence-corrected chi connectivity index (χ4v) is 1.79. The third-order valence-corrected chi connectivity index (χ3v) is 2.90. The quantitative estimate of drug-likeness (QED) is 0.633. The van der Waals surface area contributed by atoms with Crippen LogP contribution in [-0.2, 0) is 0 Å². The van der Waals surface area contributed by atoms with Crippen molar-refractivity contribution in [2.45, 2.75) is 0 Å². The van der Waals surface area contributed by atoms with Gasteiger partial charge in [-0.15, -0.1) is 0 Å². The number of ether oxygens (including phenoxy) is 2. The number of nitrogens with zero attached hydrogens (tertiary/aromatic N) is 2. The SMILES string of the molecule is COc1ccc(C=Cc2ccc([N+]#N)cc2)c(OC)c1.[Cl-]. The molecule has 4 nitrogen and oxygen atoms in total. The normalized spacial score (nSPS) is 9.76. The molecule has 0 amide bonds. The number of rotatable bonds is 4. The van der Waals surface area contributed by atoms with E-state index in [0.29, 0.717) is 5.69 Å². The van der Waals surface area contributed by atoms with Crippen molar-refractivity contribution in [3.8, 4) is 11.5 Å². The molecule has 0 bridgehead atoms. The average molecular weight is 303 g/mol. The topological polar surface area (TPSA) is 46.6 Å². The van der Waals surface area contributed by atoms with Crippen molar-refractivity contribution in [3.05, 3.63) is 58.6 Å². The highest BCUT2D eigenvalue weighted by molar-refractivity contribution is 5.73. The lowest BCUT2D eigenvalue weighted by atomic mass is 10.1. The molecule has 0 aliphatic carbocycles. The van der Waals surface area contributed by atoms with E-state index >= 15 is 0 Å². The van der Waals surface area contributed by atoms with Gasteiger partial charge in [-0.1, -0.05) is 12.2 Å². The summed E-state index contributed by atoms with van der Waals surface area (Å²) in [5.41, 5.74) is 2.50. The van der Waals surface area contributed by atoms with Crippen LogP contribution in [0.3, 0.4) is 0 Å². The van der Waals surface area contributed by atoms with Gasteiger partial charge < -0.3 is 21.9 Å². The molecule has 0 aliphatic heterocycles. The molecule has 0 heterocycles. The van der Waals surface area contributed by atoms with Crippen LogP contribution in [-0.4, -0.2) is 14.2 Å². The molecule has 2 aromatic rings. The van der Waals surface area contributed by atoms with E-state index in [9.17, 15) is 0 Å². The zero-order valence-corrected chi connectivity index (χ0v) is 12.5. The molecule has 0 unspecified atom stereocenters. The summed E-state index contributed by atoms with van der Waals surface area (Å²) in [6.45, 7) is 0. The van der Waals surface area contributed by atoms with Crippen LogP contribution in [0.25, 0.3) is 17.1 Å². The van der Waals surface area contributed by atoms with Gasteiger partial charge in [-0.2, -0.15) is 0 Å². The number of halogens is 1. The third-order valence-electron chi connectivity index (χ3n) is 2.90. The summed E-state index contributed by atoms with van der Waals surface area (Å²) in [6.07, 6.45) is 3.93. The molecule has 0 aliphatic rings. The molecular weight excluding hydrogens is 288 g/mol. The molecular formula is C16H15ClN2O2. The standard InChI is InChI=1S/C16H15N2O2.ClH/c1-19-15-10-7-13(16(11-15)20-2)6-3-12-4-8-14(18-17)9-5-12;/h3-11H,1-2H3;1H/q+1;/p-1. The Balaban J connectivity index is 0.00000220. The molecule has 108 valence electrons. The van der Waals surface area contributed by atoms with Gasteiger partial charge in [-0.05, 0) is 29.8 Å². The van der Waals surface area contributed by atoms with E-state index in [0.717, 1.165) is 22.6 Å². The van der Waals surface area contributed by atoms with Gasteiger partial charge in [0.25, 0.3) is 0 Å². The van der Waals surface area contributed by atoms with Crippen LogP contribution < -0.4 is 21.9 Å². The van der Waals surface area contributed by atoms with Gasteiger partial charge >= 0.3 is 5.69 Å². The van der Waals surface area contributed by atoms with Crippen molar-refractivity contribution < 1.29 is 21.9 Å². The minimum Gasteiger partial charge on any atom is -1.00 e. The molecule has 0 N–H and O–H groups in total. The number of hydrogen-bond acceptors (Lipinski definition) is 3. The van der Waals surface area contributed by atoms with Crippen LogP contribution in [0.15, 0.2) is 42.5 Å². The van der Waals surface area contributed by atoms with Crippen LogP contribution in [0.1, 0.15) is 11.1 Å². The largest absolute Gasteiger partial charge is 1.00 e. The minimum atomic E-state index is 0. The van der Waals surface area contributed by atoms with Crippen LogP contribution >= 0.6 is 0 Å². The summed E-state index contributed by atoms with van der Waals surface area (Å²) in [6, 6.07) is 12.9. The zero-order valence-electron chi connectivity index (χ0n) is 11.8. The zero-order chi connectivity index (χ0) is 14.4. The van der Waals surface area contributed by atoms with Gasteiger partial charge in [0, 0.05) is 23.8 Å². The number of benzene rings is 2. The van der Waals surface area contributed by atoms with Gasteiger partial charge in [0.15, 0.2) is 4.98 Å². The smallest absolute Gasteiger partial charge is 0.385 e. The Bertz CT molecular complexity index is 661. The Morgan fingerprint density at radius 1 is 0.952 bits per heavy atom. The van der Waals surface area contributed by atoms with Crippen molar-refractivity contribution in [1.29, 1.82) is 5.39 Å². The van der Waals surface area contributed by atoms with E-state index in [1.54, 1.807) is 26.4 Å². The Hall–Kier alpha value is -2.51. The molecule has 0 saturated heterocycles. The maximum atomic E-state index is 8.63. The number of methoxy groups -OCH3 is 2. The van der Waals surface area contributed by atoms with Crippen molar-refractivity contribution in [2.75, 3.05) is 14.2 Å². The molecule has 0 radical (unpaired) electrons. The van der Waals surface area contributed by atoms with Crippen LogP contribution in [0.5, 0.6) is 11.5 Å². The average Bonchev–Trinajstić information content (AvgIpc) is 2.53. The number of diazo groups is 1. The van der Waals surface area contributed by atoms with E-state index in [2.05, 4.69) is 4.98 Å². The van der Waals surface area contributed by atoms with Gasteiger partial charge in [0.2, 0.25) is 5.39 Å². The van der Waals surface area contributed by atoms with Crippen molar-refractivity contribution in [3.63, 3.8) is 0 Å². The van der Waals surface area contributed by atoms with Gasteiger partial charge in [0.1, 0.15) is 11.5 Å². The minimum absolute atomic E-state index is 0. The van der Waals surface area contributed by atoms with E-state index < -0.39 is 0 Å². The van der Waals surface area contributed by atoms with Crippen molar-refractivity contribution >= 4 is 17.8 Å². The van der Waals surface area contributed by atoms with Crippen molar-refractivity contribution in [1.82, 2.24) is 0 Å². The van der Waals surface area contributed by atoms with Crippen LogP contribution in [0, 0.1) is 5.39 Å². The molecule has 21 heavy (non-hydrogen) atoms. The maximum Gasteiger partial charge on any atom is 0.385 e. The first-order chi connectivity index (χ1) is 9.76. The monoisotopic (exact) mass is 302 g/mol. The second kappa shape index (κ2) is 7.93. The lowest BCUT2D eigenvalue weighted by Crippen LogP contribution is -3.00. The first kappa shape index (κ1) is 16.5. The fourth-order valence-electron chi connectivity index (χ4n) is 1.79. The molecule has 2 rings (SSSR count). The first-order valence-corrected chi connectivity index (χ1v) is 6.12. The van der Waals surface area contributed by atoms with Crippen LogP contribution in [0.4, 0.5) is 5.69 Å². The molecule has 0 spiro atoms. The summed E-state index contributed by atoms with van der Waals surface area (Å²) in [7, 11) is 3.25. The Morgan fingerprint density at radius 2 is 1.67 bits per heavy atom. The summed E-state index contributed by atoms with van der Waals surface area (Å²) >= 11 is 0. The van der Waals surface area contributed by atoms with Crippen molar-refractivity contribution in [2.24, 2.45) is 0 Å².